The molecule has 0 bridgehead atoms. The summed E-state index contributed by atoms with van der Waals surface area (Å²) in [6.45, 7) is 5.62. The lowest BCUT2D eigenvalue weighted by Crippen LogP contribution is -2.36. The van der Waals surface area contributed by atoms with Gasteiger partial charge in [-0.05, 0) is 35.7 Å². The van der Waals surface area contributed by atoms with E-state index in [4.69, 9.17) is 0 Å². The third-order valence-electron chi connectivity index (χ3n) is 5.62. The first-order valence-electron chi connectivity index (χ1n) is 10.0. The van der Waals surface area contributed by atoms with Gasteiger partial charge in [0.15, 0.2) is 0 Å². The van der Waals surface area contributed by atoms with Crippen molar-refractivity contribution >= 4 is 17.3 Å². The van der Waals surface area contributed by atoms with Crippen LogP contribution in [0.1, 0.15) is 24.0 Å². The standard InChI is InChI=1S/C26H26N2O/c1-2-17-26(18-25(29)27-22-13-7-4-8-14-22)20-28(19-21-11-5-3-6-12-21)24-16-10-9-15-23(24)26/h2-16H,1,17-20H2,(H,27,29)/t26-/m0/s1. The first-order chi connectivity index (χ1) is 14.2. The summed E-state index contributed by atoms with van der Waals surface area (Å²) in [5.41, 5.74) is 4.28. The van der Waals surface area contributed by atoms with Crippen molar-refractivity contribution in [1.82, 2.24) is 0 Å². The van der Waals surface area contributed by atoms with E-state index < -0.39 is 0 Å². The second kappa shape index (κ2) is 8.36. The lowest BCUT2D eigenvalue weighted by Gasteiger charge is -2.29. The molecular weight excluding hydrogens is 356 g/mol. The summed E-state index contributed by atoms with van der Waals surface area (Å²) in [7, 11) is 0. The van der Waals surface area contributed by atoms with E-state index in [0.29, 0.717) is 6.42 Å². The Labute approximate surface area is 172 Å². The van der Waals surface area contributed by atoms with Crippen LogP contribution in [0.2, 0.25) is 0 Å². The Morgan fingerprint density at radius 1 is 0.966 bits per heavy atom. The minimum absolute atomic E-state index is 0.0365. The molecule has 3 aromatic carbocycles. The molecule has 1 aliphatic rings. The summed E-state index contributed by atoms with van der Waals surface area (Å²) in [6.07, 6.45) is 3.13. The van der Waals surface area contributed by atoms with Crippen molar-refractivity contribution in [2.75, 3.05) is 16.8 Å². The first-order valence-corrected chi connectivity index (χ1v) is 10.0. The van der Waals surface area contributed by atoms with Crippen LogP contribution in [0.3, 0.4) is 0 Å². The van der Waals surface area contributed by atoms with E-state index in [1.807, 2.05) is 42.5 Å². The topological polar surface area (TPSA) is 32.3 Å². The van der Waals surface area contributed by atoms with E-state index in [2.05, 4.69) is 65.3 Å². The van der Waals surface area contributed by atoms with E-state index in [0.717, 1.165) is 25.2 Å². The van der Waals surface area contributed by atoms with Crippen LogP contribution in [0.5, 0.6) is 0 Å². The van der Waals surface area contributed by atoms with Gasteiger partial charge in [0.1, 0.15) is 0 Å². The molecule has 1 heterocycles. The second-order valence-corrected chi connectivity index (χ2v) is 7.72. The van der Waals surface area contributed by atoms with Crippen molar-refractivity contribution in [3.63, 3.8) is 0 Å². The van der Waals surface area contributed by atoms with Crippen molar-refractivity contribution in [2.45, 2.75) is 24.8 Å². The Kier molecular flexibility index (Phi) is 5.48. The predicted molar refractivity (Wildman–Crippen MR) is 120 cm³/mol. The number of hydrogen-bond donors (Lipinski definition) is 1. The van der Waals surface area contributed by atoms with E-state index in [1.54, 1.807) is 0 Å². The highest BCUT2D eigenvalue weighted by Gasteiger charge is 2.43. The number of allylic oxidation sites excluding steroid dienone is 1. The lowest BCUT2D eigenvalue weighted by atomic mass is 9.76. The minimum Gasteiger partial charge on any atom is -0.366 e. The molecule has 1 atom stereocenters. The van der Waals surface area contributed by atoms with Gasteiger partial charge < -0.3 is 10.2 Å². The van der Waals surface area contributed by atoms with Crippen LogP contribution in [0.4, 0.5) is 11.4 Å². The van der Waals surface area contributed by atoms with Gasteiger partial charge in [-0.1, -0.05) is 72.8 Å². The lowest BCUT2D eigenvalue weighted by molar-refractivity contribution is -0.117. The molecule has 0 unspecified atom stereocenters. The van der Waals surface area contributed by atoms with Crippen molar-refractivity contribution in [2.24, 2.45) is 0 Å². The number of nitrogens with one attached hydrogen (secondary N) is 1. The summed E-state index contributed by atoms with van der Waals surface area (Å²) in [5, 5.41) is 3.06. The normalized spacial score (nSPS) is 17.6. The highest BCUT2D eigenvalue weighted by molar-refractivity contribution is 5.92. The Morgan fingerprint density at radius 3 is 2.34 bits per heavy atom. The smallest absolute Gasteiger partial charge is 0.225 e. The van der Waals surface area contributed by atoms with Gasteiger partial charge in [-0.2, -0.15) is 0 Å². The minimum atomic E-state index is -0.272. The molecule has 1 amide bonds. The average Bonchev–Trinajstić information content (AvgIpc) is 3.03. The van der Waals surface area contributed by atoms with Crippen LogP contribution in [0, 0.1) is 0 Å². The molecule has 4 rings (SSSR count). The zero-order valence-electron chi connectivity index (χ0n) is 16.6. The van der Waals surface area contributed by atoms with Crippen molar-refractivity contribution in [3.05, 3.63) is 109 Å². The zero-order valence-corrected chi connectivity index (χ0v) is 16.6. The number of carbonyl (C=O) groups is 1. The quantitative estimate of drug-likeness (QED) is 0.543. The van der Waals surface area contributed by atoms with Crippen LogP contribution in [0.15, 0.2) is 97.6 Å². The largest absolute Gasteiger partial charge is 0.366 e. The summed E-state index contributed by atoms with van der Waals surface area (Å²) < 4.78 is 0. The van der Waals surface area contributed by atoms with Crippen LogP contribution in [-0.2, 0) is 16.8 Å². The molecule has 0 fully saturated rings. The summed E-state index contributed by atoms with van der Waals surface area (Å²) in [4.78, 5) is 15.4. The fraction of sp³-hybridized carbons (Fsp3) is 0.192. The van der Waals surface area contributed by atoms with Crippen LogP contribution in [0.25, 0.3) is 0 Å². The van der Waals surface area contributed by atoms with Gasteiger partial charge in [0.2, 0.25) is 5.91 Å². The number of anilines is 2. The van der Waals surface area contributed by atoms with Crippen LogP contribution in [-0.4, -0.2) is 12.5 Å². The Hall–Kier alpha value is -3.33. The number of rotatable bonds is 7. The van der Waals surface area contributed by atoms with Crippen molar-refractivity contribution in [3.8, 4) is 0 Å². The number of amides is 1. The van der Waals surface area contributed by atoms with Gasteiger partial charge in [0, 0.05) is 36.3 Å². The molecule has 3 nitrogen and oxygen atoms in total. The van der Waals surface area contributed by atoms with E-state index in [9.17, 15) is 4.79 Å². The molecule has 0 aromatic heterocycles. The molecule has 3 aromatic rings. The molecule has 146 valence electrons. The second-order valence-electron chi connectivity index (χ2n) is 7.72. The summed E-state index contributed by atoms with van der Waals surface area (Å²) in [6, 6.07) is 28.6. The summed E-state index contributed by atoms with van der Waals surface area (Å²) >= 11 is 0. The molecule has 0 saturated carbocycles. The number of hydrogen-bond acceptors (Lipinski definition) is 2. The fourth-order valence-corrected chi connectivity index (χ4v) is 4.39. The van der Waals surface area contributed by atoms with Crippen molar-refractivity contribution in [1.29, 1.82) is 0 Å². The maximum absolute atomic E-state index is 13.0. The maximum Gasteiger partial charge on any atom is 0.225 e. The average molecular weight is 383 g/mol. The highest BCUT2D eigenvalue weighted by atomic mass is 16.1. The predicted octanol–water partition coefficient (Wildman–Crippen LogP) is 5.55. The van der Waals surface area contributed by atoms with E-state index in [1.165, 1.54) is 16.8 Å². The first kappa shape index (κ1) is 19.0. The third-order valence-corrected chi connectivity index (χ3v) is 5.62. The molecule has 3 heteroatoms. The third kappa shape index (κ3) is 4.09. The monoisotopic (exact) mass is 382 g/mol. The Bertz CT molecular complexity index is 984. The van der Waals surface area contributed by atoms with E-state index in [-0.39, 0.29) is 11.3 Å². The van der Waals surface area contributed by atoms with Crippen LogP contribution >= 0.6 is 0 Å². The number of para-hydroxylation sites is 2. The molecule has 0 spiro atoms. The van der Waals surface area contributed by atoms with Crippen molar-refractivity contribution < 1.29 is 4.79 Å². The maximum atomic E-state index is 13.0. The SMILES string of the molecule is C=CC[C@]1(CC(=O)Nc2ccccc2)CN(Cc2ccccc2)c2ccccc21. The number of nitrogens with zero attached hydrogens (tertiary/aromatic N) is 1. The number of carbonyl (C=O) groups excluding carboxylic acids is 1. The van der Waals surface area contributed by atoms with Gasteiger partial charge >= 0.3 is 0 Å². The molecule has 1 aliphatic heterocycles. The van der Waals surface area contributed by atoms with Gasteiger partial charge in [0.05, 0.1) is 0 Å². The highest BCUT2D eigenvalue weighted by Crippen LogP contribution is 2.46. The van der Waals surface area contributed by atoms with Crippen LogP contribution < -0.4 is 10.2 Å². The van der Waals surface area contributed by atoms with Gasteiger partial charge in [-0.25, -0.2) is 0 Å². The Morgan fingerprint density at radius 2 is 1.62 bits per heavy atom. The molecule has 0 aliphatic carbocycles. The van der Waals surface area contributed by atoms with Gasteiger partial charge in [0.25, 0.3) is 0 Å². The molecule has 29 heavy (non-hydrogen) atoms. The molecule has 1 N–H and O–H groups in total. The zero-order chi connectivity index (χ0) is 20.1. The molecule has 0 saturated heterocycles. The molecule has 0 radical (unpaired) electrons. The number of benzene rings is 3. The molecular formula is C26H26N2O. The van der Waals surface area contributed by atoms with Gasteiger partial charge in [-0.3, -0.25) is 4.79 Å². The van der Waals surface area contributed by atoms with Gasteiger partial charge in [-0.15, -0.1) is 6.58 Å². The number of fused-ring (bicyclic) bond motifs is 1. The van der Waals surface area contributed by atoms with E-state index >= 15 is 0 Å². The Balaban J connectivity index is 1.61. The fourth-order valence-electron chi connectivity index (χ4n) is 4.39. The summed E-state index contributed by atoms with van der Waals surface area (Å²) in [5.74, 6) is 0.0365.